The summed E-state index contributed by atoms with van der Waals surface area (Å²) < 4.78 is 2.12. The summed E-state index contributed by atoms with van der Waals surface area (Å²) in [5, 5.41) is 5.06. The van der Waals surface area contributed by atoms with Crippen LogP contribution >= 0.6 is 0 Å². The van der Waals surface area contributed by atoms with Crippen LogP contribution in [-0.4, -0.2) is 9.38 Å². The van der Waals surface area contributed by atoms with Gasteiger partial charge in [-0.2, -0.15) is 0 Å². The minimum Gasteiger partial charge on any atom is -0.306 e. The molecule has 2 nitrogen and oxygen atoms in total. The highest BCUT2D eigenvalue weighted by Gasteiger charge is 2.16. The first-order chi connectivity index (χ1) is 20.3. The van der Waals surface area contributed by atoms with Crippen LogP contribution in [0, 0.1) is 0 Å². The molecular weight excluding hydrogens is 496 g/mol. The summed E-state index contributed by atoms with van der Waals surface area (Å²) in [6, 6.07) is 51.9. The molecule has 0 radical (unpaired) electrons. The minimum atomic E-state index is 0.942. The van der Waals surface area contributed by atoms with Gasteiger partial charge in [0.2, 0.25) is 0 Å². The second kappa shape index (κ2) is 9.62. The fourth-order valence-corrected chi connectivity index (χ4v) is 6.10. The molecule has 2 heteroatoms. The van der Waals surface area contributed by atoms with Crippen LogP contribution in [0.3, 0.4) is 0 Å². The maximum absolute atomic E-state index is 4.93. The van der Waals surface area contributed by atoms with E-state index >= 15 is 0 Å². The van der Waals surface area contributed by atoms with Gasteiger partial charge in [-0.1, -0.05) is 133 Å². The van der Waals surface area contributed by atoms with Crippen LogP contribution in [0.15, 0.2) is 158 Å². The molecular formula is C39H26N2. The summed E-state index contributed by atoms with van der Waals surface area (Å²) in [6.07, 6.45) is 4.28. The smallest absolute Gasteiger partial charge is 0.137 e. The summed E-state index contributed by atoms with van der Waals surface area (Å²) in [5.74, 6) is 0. The second-order valence-corrected chi connectivity index (χ2v) is 10.5. The lowest BCUT2D eigenvalue weighted by molar-refractivity contribution is 1.19. The number of aromatic nitrogens is 2. The highest BCUT2D eigenvalue weighted by atomic mass is 15.0. The SMILES string of the molecule is c1ccc(-c2ccc3nc(-c4ccc(-c5c6ccccc6c(-c6ccccc6)c6ccccc56)cc4)cn3c2)cc1. The quantitative estimate of drug-likeness (QED) is 0.210. The van der Waals surface area contributed by atoms with Crippen molar-refractivity contribution in [3.05, 3.63) is 158 Å². The van der Waals surface area contributed by atoms with Gasteiger partial charge in [0, 0.05) is 18.0 Å². The van der Waals surface area contributed by atoms with E-state index < -0.39 is 0 Å². The monoisotopic (exact) mass is 522 g/mol. The fourth-order valence-electron chi connectivity index (χ4n) is 6.10. The minimum absolute atomic E-state index is 0.942. The number of hydrogen-bond acceptors (Lipinski definition) is 1. The van der Waals surface area contributed by atoms with Crippen molar-refractivity contribution in [1.82, 2.24) is 9.38 Å². The lowest BCUT2D eigenvalue weighted by Crippen LogP contribution is -1.90. The molecule has 41 heavy (non-hydrogen) atoms. The molecule has 0 N–H and O–H groups in total. The topological polar surface area (TPSA) is 17.3 Å². The van der Waals surface area contributed by atoms with E-state index in [0.717, 1.165) is 16.9 Å². The highest BCUT2D eigenvalue weighted by molar-refractivity contribution is 6.21. The van der Waals surface area contributed by atoms with E-state index in [-0.39, 0.29) is 0 Å². The largest absolute Gasteiger partial charge is 0.306 e. The predicted octanol–water partition coefficient (Wildman–Crippen LogP) is 10.3. The fraction of sp³-hybridized carbons (Fsp3) is 0. The van der Waals surface area contributed by atoms with Gasteiger partial charge >= 0.3 is 0 Å². The molecule has 8 rings (SSSR count). The number of rotatable bonds is 4. The van der Waals surface area contributed by atoms with Gasteiger partial charge in [-0.05, 0) is 67.1 Å². The zero-order valence-corrected chi connectivity index (χ0v) is 22.4. The Hall–Kier alpha value is -5.47. The van der Waals surface area contributed by atoms with E-state index in [1.807, 2.05) is 6.07 Å². The van der Waals surface area contributed by atoms with E-state index in [2.05, 4.69) is 156 Å². The van der Waals surface area contributed by atoms with Gasteiger partial charge in [-0.15, -0.1) is 0 Å². The molecule has 0 aliphatic heterocycles. The van der Waals surface area contributed by atoms with Crippen molar-refractivity contribution in [1.29, 1.82) is 0 Å². The van der Waals surface area contributed by atoms with Crippen molar-refractivity contribution >= 4 is 27.2 Å². The normalized spacial score (nSPS) is 11.4. The molecule has 8 aromatic rings. The Bertz CT molecular complexity index is 2120. The first-order valence-corrected chi connectivity index (χ1v) is 14.0. The molecule has 0 spiro atoms. The summed E-state index contributed by atoms with van der Waals surface area (Å²) in [6.45, 7) is 0. The van der Waals surface area contributed by atoms with Crippen LogP contribution in [0.25, 0.3) is 71.8 Å². The van der Waals surface area contributed by atoms with Crippen molar-refractivity contribution in [3.63, 3.8) is 0 Å². The van der Waals surface area contributed by atoms with E-state index in [4.69, 9.17) is 4.98 Å². The molecule has 0 amide bonds. The van der Waals surface area contributed by atoms with E-state index in [0.29, 0.717) is 0 Å². The average molecular weight is 523 g/mol. The summed E-state index contributed by atoms with van der Waals surface area (Å²) in [7, 11) is 0. The highest BCUT2D eigenvalue weighted by Crippen LogP contribution is 2.43. The zero-order valence-electron chi connectivity index (χ0n) is 22.4. The zero-order chi connectivity index (χ0) is 27.2. The molecule has 0 fully saturated rings. The number of fused-ring (bicyclic) bond motifs is 3. The first-order valence-electron chi connectivity index (χ1n) is 14.0. The number of benzene rings is 6. The molecule has 6 aromatic carbocycles. The van der Waals surface area contributed by atoms with E-state index in [1.165, 1.54) is 54.9 Å². The van der Waals surface area contributed by atoms with Crippen molar-refractivity contribution < 1.29 is 0 Å². The van der Waals surface area contributed by atoms with Crippen molar-refractivity contribution in [2.45, 2.75) is 0 Å². The van der Waals surface area contributed by atoms with Gasteiger partial charge in [-0.3, -0.25) is 0 Å². The summed E-state index contributed by atoms with van der Waals surface area (Å²) >= 11 is 0. The van der Waals surface area contributed by atoms with Crippen LogP contribution in [0.2, 0.25) is 0 Å². The van der Waals surface area contributed by atoms with Crippen molar-refractivity contribution in [3.8, 4) is 44.6 Å². The molecule has 0 aliphatic carbocycles. The predicted molar refractivity (Wildman–Crippen MR) is 172 cm³/mol. The van der Waals surface area contributed by atoms with Crippen molar-refractivity contribution in [2.75, 3.05) is 0 Å². The lowest BCUT2D eigenvalue weighted by Gasteiger charge is -2.17. The third-order valence-electron chi connectivity index (χ3n) is 8.02. The lowest BCUT2D eigenvalue weighted by atomic mass is 9.86. The maximum atomic E-state index is 4.93. The Balaban J connectivity index is 1.25. The molecule has 0 saturated carbocycles. The van der Waals surface area contributed by atoms with Crippen LogP contribution in [0.5, 0.6) is 0 Å². The van der Waals surface area contributed by atoms with Crippen LogP contribution in [-0.2, 0) is 0 Å². The van der Waals surface area contributed by atoms with Gasteiger partial charge in [-0.25, -0.2) is 4.98 Å². The van der Waals surface area contributed by atoms with Gasteiger partial charge in [0.05, 0.1) is 5.69 Å². The Morgan fingerprint density at radius 3 is 1.34 bits per heavy atom. The van der Waals surface area contributed by atoms with E-state index in [9.17, 15) is 0 Å². The molecule has 192 valence electrons. The summed E-state index contributed by atoms with van der Waals surface area (Å²) in [5.41, 5.74) is 10.4. The molecule has 0 unspecified atom stereocenters. The van der Waals surface area contributed by atoms with Gasteiger partial charge in [0.1, 0.15) is 5.65 Å². The first kappa shape index (κ1) is 23.4. The average Bonchev–Trinajstić information content (AvgIpc) is 3.48. The Kier molecular flexibility index (Phi) is 5.49. The molecule has 2 aromatic heterocycles. The third-order valence-corrected chi connectivity index (χ3v) is 8.02. The van der Waals surface area contributed by atoms with Crippen molar-refractivity contribution in [2.24, 2.45) is 0 Å². The van der Waals surface area contributed by atoms with Crippen LogP contribution in [0.4, 0.5) is 0 Å². The Morgan fingerprint density at radius 1 is 0.341 bits per heavy atom. The van der Waals surface area contributed by atoms with Gasteiger partial charge in [0.25, 0.3) is 0 Å². The summed E-state index contributed by atoms with van der Waals surface area (Å²) in [4.78, 5) is 4.93. The molecule has 0 saturated heterocycles. The van der Waals surface area contributed by atoms with E-state index in [1.54, 1.807) is 0 Å². The molecule has 0 bridgehead atoms. The Morgan fingerprint density at radius 2 is 0.780 bits per heavy atom. The maximum Gasteiger partial charge on any atom is 0.137 e. The number of nitrogens with zero attached hydrogens (tertiary/aromatic N) is 2. The second-order valence-electron chi connectivity index (χ2n) is 10.5. The van der Waals surface area contributed by atoms with Crippen LogP contribution in [0.1, 0.15) is 0 Å². The molecule has 0 atom stereocenters. The Labute approximate surface area is 238 Å². The number of hydrogen-bond donors (Lipinski definition) is 0. The number of pyridine rings is 1. The molecule has 2 heterocycles. The van der Waals surface area contributed by atoms with Crippen LogP contribution < -0.4 is 0 Å². The molecule has 0 aliphatic rings. The third kappa shape index (κ3) is 4.00. The number of imidazole rings is 1. The van der Waals surface area contributed by atoms with Gasteiger partial charge < -0.3 is 4.40 Å². The van der Waals surface area contributed by atoms with Gasteiger partial charge in [0.15, 0.2) is 0 Å². The standard InChI is InChI=1S/C39H26N2/c1-3-11-27(12-4-1)31-23-24-37-40-36(26-41(37)25-31)28-19-21-30(22-20-28)39-34-17-9-7-15-32(34)38(29-13-5-2-6-14-29)33-16-8-10-18-35(33)39/h1-26H.